The first-order chi connectivity index (χ1) is 14.3. The van der Waals surface area contributed by atoms with Gasteiger partial charge in [0, 0.05) is 17.7 Å². The van der Waals surface area contributed by atoms with Gasteiger partial charge in [0.2, 0.25) is 5.69 Å². The third kappa shape index (κ3) is 3.13. The second-order valence-corrected chi connectivity index (χ2v) is 10.0. The van der Waals surface area contributed by atoms with Crippen LogP contribution < -0.4 is 4.57 Å². The zero-order chi connectivity index (χ0) is 21.0. The molecule has 30 heavy (non-hydrogen) atoms. The summed E-state index contributed by atoms with van der Waals surface area (Å²) in [5, 5.41) is 2.70. The van der Waals surface area contributed by atoms with Gasteiger partial charge in [-0.1, -0.05) is 63.2 Å². The molecule has 150 valence electrons. The van der Waals surface area contributed by atoms with Crippen LogP contribution in [0.15, 0.2) is 66.9 Å². The zero-order valence-electron chi connectivity index (χ0n) is 18.7. The monoisotopic (exact) mass is 392 g/mol. The second kappa shape index (κ2) is 6.80. The van der Waals surface area contributed by atoms with Gasteiger partial charge in [0.05, 0.1) is 0 Å². The van der Waals surface area contributed by atoms with Crippen LogP contribution in [0.3, 0.4) is 0 Å². The highest BCUT2D eigenvalue weighted by atomic mass is 14.9. The molecule has 3 aromatic carbocycles. The lowest BCUT2D eigenvalue weighted by molar-refractivity contribution is -0.660. The lowest BCUT2D eigenvalue weighted by atomic mass is 9.87. The van der Waals surface area contributed by atoms with Crippen molar-refractivity contribution in [3.8, 4) is 22.4 Å². The molecule has 0 atom stereocenters. The lowest BCUT2D eigenvalue weighted by Crippen LogP contribution is -2.31. The first-order valence-corrected chi connectivity index (χ1v) is 10.9. The summed E-state index contributed by atoms with van der Waals surface area (Å²) in [6.07, 6.45) is 4.33. The molecule has 1 aliphatic carbocycles. The van der Waals surface area contributed by atoms with Crippen LogP contribution in [-0.4, -0.2) is 0 Å². The Kier molecular flexibility index (Phi) is 4.32. The van der Waals surface area contributed by atoms with Gasteiger partial charge in [0.25, 0.3) is 0 Å². The predicted molar refractivity (Wildman–Crippen MR) is 127 cm³/mol. The molecule has 0 fully saturated rings. The minimum atomic E-state index is 0.285. The van der Waals surface area contributed by atoms with Crippen LogP contribution in [0.4, 0.5) is 0 Å². The molecule has 1 heterocycles. The van der Waals surface area contributed by atoms with Gasteiger partial charge >= 0.3 is 0 Å². The number of rotatable bonds is 2. The Morgan fingerprint density at radius 2 is 1.67 bits per heavy atom. The quantitative estimate of drug-likeness (QED) is 0.291. The van der Waals surface area contributed by atoms with E-state index in [0.717, 1.165) is 12.8 Å². The Morgan fingerprint density at radius 3 is 2.47 bits per heavy atom. The van der Waals surface area contributed by atoms with Gasteiger partial charge in [-0.05, 0) is 75.4 Å². The smallest absolute Gasteiger partial charge is 0.201 e. The molecule has 1 heteroatoms. The standard InChI is InChI=1S/C29H30N/c1-19-23(27-16-20(14-15-30(27)5)18-29(2,3)4)12-13-25-26(19)17-22-11-10-21-8-6-7-9-24(21)28(22)25/h6-16H,17-18H2,1-5H3/q+1. The van der Waals surface area contributed by atoms with Crippen LogP contribution in [0, 0.1) is 12.3 Å². The Bertz CT molecular complexity index is 1290. The van der Waals surface area contributed by atoms with E-state index in [1.807, 2.05) is 0 Å². The first kappa shape index (κ1) is 19.1. The first-order valence-electron chi connectivity index (χ1n) is 10.9. The molecule has 1 nitrogen and oxygen atoms in total. The van der Waals surface area contributed by atoms with E-state index in [4.69, 9.17) is 0 Å². The highest BCUT2D eigenvalue weighted by Crippen LogP contribution is 2.44. The van der Waals surface area contributed by atoms with Gasteiger partial charge in [0.15, 0.2) is 6.20 Å². The summed E-state index contributed by atoms with van der Waals surface area (Å²) < 4.78 is 2.26. The van der Waals surface area contributed by atoms with Crippen LogP contribution in [0.1, 0.15) is 43.0 Å². The number of fused-ring (bicyclic) bond motifs is 5. The van der Waals surface area contributed by atoms with Gasteiger partial charge in [-0.3, -0.25) is 0 Å². The van der Waals surface area contributed by atoms with Crippen molar-refractivity contribution in [2.45, 2.75) is 40.5 Å². The molecule has 1 aromatic heterocycles. The van der Waals surface area contributed by atoms with Gasteiger partial charge in [0.1, 0.15) is 7.05 Å². The summed E-state index contributed by atoms with van der Waals surface area (Å²) in [5.74, 6) is 0. The van der Waals surface area contributed by atoms with Crippen molar-refractivity contribution in [3.63, 3.8) is 0 Å². The molecule has 0 aliphatic heterocycles. The zero-order valence-corrected chi connectivity index (χ0v) is 18.7. The van der Waals surface area contributed by atoms with E-state index < -0.39 is 0 Å². The van der Waals surface area contributed by atoms with Crippen molar-refractivity contribution in [3.05, 3.63) is 89.1 Å². The Morgan fingerprint density at radius 1 is 0.900 bits per heavy atom. The highest BCUT2D eigenvalue weighted by molar-refractivity contribution is 6.01. The molecule has 0 spiro atoms. The summed E-state index contributed by atoms with van der Waals surface area (Å²) in [5.41, 5.74) is 11.5. The van der Waals surface area contributed by atoms with Gasteiger partial charge in [-0.15, -0.1) is 0 Å². The Labute approximate surface area is 180 Å². The largest absolute Gasteiger partial charge is 0.212 e. The molecular formula is C29H30N+. The van der Waals surface area contributed by atoms with E-state index in [0.29, 0.717) is 0 Å². The van der Waals surface area contributed by atoms with E-state index >= 15 is 0 Å². The third-order valence-corrected chi connectivity index (χ3v) is 6.48. The molecule has 0 radical (unpaired) electrons. The summed E-state index contributed by atoms with van der Waals surface area (Å²) in [7, 11) is 2.16. The maximum absolute atomic E-state index is 2.39. The number of aromatic nitrogens is 1. The van der Waals surface area contributed by atoms with Crippen LogP contribution >= 0.6 is 0 Å². The summed E-state index contributed by atoms with van der Waals surface area (Å²) in [6, 6.07) is 22.7. The Balaban J connectivity index is 1.65. The molecule has 1 aliphatic rings. The molecular weight excluding hydrogens is 362 g/mol. The Hall–Kier alpha value is -2.93. The highest BCUT2D eigenvalue weighted by Gasteiger charge is 2.25. The van der Waals surface area contributed by atoms with Crippen molar-refractivity contribution in [1.29, 1.82) is 0 Å². The molecule has 5 rings (SSSR count). The van der Waals surface area contributed by atoms with Crippen molar-refractivity contribution in [2.24, 2.45) is 12.5 Å². The van der Waals surface area contributed by atoms with E-state index in [1.54, 1.807) is 0 Å². The average molecular weight is 393 g/mol. The number of pyridine rings is 1. The van der Waals surface area contributed by atoms with Crippen molar-refractivity contribution in [2.75, 3.05) is 0 Å². The van der Waals surface area contributed by atoms with Gasteiger partial charge in [-0.2, -0.15) is 0 Å². The predicted octanol–water partition coefficient (Wildman–Crippen LogP) is 6.80. The van der Waals surface area contributed by atoms with E-state index in [9.17, 15) is 0 Å². The van der Waals surface area contributed by atoms with Crippen molar-refractivity contribution < 1.29 is 4.57 Å². The van der Waals surface area contributed by atoms with Crippen molar-refractivity contribution in [1.82, 2.24) is 0 Å². The lowest BCUT2D eigenvalue weighted by Gasteiger charge is -2.18. The van der Waals surface area contributed by atoms with E-state index in [1.165, 1.54) is 55.4 Å². The van der Waals surface area contributed by atoms with Crippen LogP contribution in [0.25, 0.3) is 33.2 Å². The molecule has 0 unspecified atom stereocenters. The van der Waals surface area contributed by atoms with Crippen LogP contribution in [-0.2, 0) is 19.9 Å². The maximum Gasteiger partial charge on any atom is 0.212 e. The van der Waals surface area contributed by atoms with E-state index in [-0.39, 0.29) is 5.41 Å². The normalized spacial score (nSPS) is 12.8. The number of aryl methyl sites for hydroxylation is 1. The number of hydrogen-bond acceptors (Lipinski definition) is 0. The van der Waals surface area contributed by atoms with E-state index in [2.05, 4.69) is 106 Å². The molecule has 0 bridgehead atoms. The van der Waals surface area contributed by atoms with Crippen LogP contribution in [0.2, 0.25) is 0 Å². The molecule has 0 saturated carbocycles. The number of nitrogens with zero attached hydrogens (tertiary/aromatic N) is 1. The SMILES string of the molecule is Cc1c(-c2cc(CC(C)(C)C)cc[n+]2C)ccc2c1Cc1ccc3ccccc3c1-2. The summed E-state index contributed by atoms with van der Waals surface area (Å²) in [4.78, 5) is 0. The maximum atomic E-state index is 2.39. The summed E-state index contributed by atoms with van der Waals surface area (Å²) in [6.45, 7) is 9.23. The minimum Gasteiger partial charge on any atom is -0.201 e. The molecule has 0 N–H and O–H groups in total. The summed E-state index contributed by atoms with van der Waals surface area (Å²) >= 11 is 0. The second-order valence-electron chi connectivity index (χ2n) is 10.0. The van der Waals surface area contributed by atoms with Crippen LogP contribution in [0.5, 0.6) is 0 Å². The fourth-order valence-corrected chi connectivity index (χ4v) is 5.07. The average Bonchev–Trinajstić information content (AvgIpc) is 3.09. The number of hydrogen-bond donors (Lipinski definition) is 0. The minimum absolute atomic E-state index is 0.285. The van der Waals surface area contributed by atoms with Gasteiger partial charge < -0.3 is 0 Å². The fourth-order valence-electron chi connectivity index (χ4n) is 5.07. The number of benzene rings is 3. The molecule has 0 amide bonds. The topological polar surface area (TPSA) is 3.88 Å². The fraction of sp³-hybridized carbons (Fsp3) is 0.276. The molecule has 0 saturated heterocycles. The van der Waals surface area contributed by atoms with Gasteiger partial charge in [-0.25, -0.2) is 4.57 Å². The van der Waals surface area contributed by atoms with Crippen molar-refractivity contribution >= 4 is 10.8 Å². The third-order valence-electron chi connectivity index (χ3n) is 6.48. The molecule has 4 aromatic rings.